The van der Waals surface area contributed by atoms with Gasteiger partial charge in [-0.2, -0.15) is 0 Å². The van der Waals surface area contributed by atoms with Crippen LogP contribution in [0.5, 0.6) is 0 Å². The zero-order valence-electron chi connectivity index (χ0n) is 16.1. The van der Waals surface area contributed by atoms with Crippen LogP contribution < -0.4 is 0 Å². The zero-order chi connectivity index (χ0) is 17.8. The molecule has 0 aromatic heterocycles. The summed E-state index contributed by atoms with van der Waals surface area (Å²) in [7, 11) is 0. The van der Waals surface area contributed by atoms with E-state index >= 15 is 0 Å². The number of fused-ring (bicyclic) bond motifs is 2. The Hall–Kier alpha value is -0.770. The summed E-state index contributed by atoms with van der Waals surface area (Å²) in [5.74, 6) is 0. The fourth-order valence-corrected chi connectivity index (χ4v) is 4.40. The van der Waals surface area contributed by atoms with Crippen LogP contribution >= 0.6 is 0 Å². The predicted octanol–water partition coefficient (Wildman–Crippen LogP) is 5.03. The van der Waals surface area contributed by atoms with Crippen LogP contribution in [0.15, 0.2) is 0 Å². The fraction of sp³-hybridized carbons (Fsp3) is 0.950. The molecule has 0 aromatic rings. The monoisotopic (exact) mass is 339 g/mol. The molecule has 0 radical (unpaired) electrons. The third kappa shape index (κ3) is 5.37. The number of hydrogen-bond donors (Lipinski definition) is 1. The molecule has 0 aromatic carbocycles. The minimum Gasteiger partial charge on any atom is -0.444 e. The third-order valence-corrected chi connectivity index (χ3v) is 5.44. The van der Waals surface area contributed by atoms with Crippen molar-refractivity contribution in [2.75, 3.05) is 0 Å². The summed E-state index contributed by atoms with van der Waals surface area (Å²) in [5.41, 5.74) is -1.04. The highest BCUT2D eigenvalue weighted by Gasteiger charge is 2.47. The molecule has 2 saturated heterocycles. The molecule has 2 fully saturated rings. The van der Waals surface area contributed by atoms with E-state index in [4.69, 9.17) is 4.74 Å². The van der Waals surface area contributed by atoms with Gasteiger partial charge in [0.1, 0.15) is 5.60 Å². The highest BCUT2D eigenvalue weighted by molar-refractivity contribution is 5.69. The number of amides is 1. The summed E-state index contributed by atoms with van der Waals surface area (Å²) in [6.07, 6.45) is 11.4. The highest BCUT2D eigenvalue weighted by atomic mass is 16.6. The molecule has 2 rings (SSSR count). The van der Waals surface area contributed by atoms with E-state index in [1.165, 1.54) is 25.7 Å². The summed E-state index contributed by atoms with van der Waals surface area (Å²) in [5, 5.41) is 11.1. The molecule has 1 amide bonds. The lowest BCUT2D eigenvalue weighted by Crippen LogP contribution is -2.60. The molecule has 0 aliphatic carbocycles. The van der Waals surface area contributed by atoms with Crippen LogP contribution in [0.1, 0.15) is 98.3 Å². The maximum Gasteiger partial charge on any atom is 0.410 e. The van der Waals surface area contributed by atoms with Crippen LogP contribution in [0.3, 0.4) is 0 Å². The largest absolute Gasteiger partial charge is 0.444 e. The molecule has 4 heteroatoms. The first-order chi connectivity index (χ1) is 11.2. The fourth-order valence-electron chi connectivity index (χ4n) is 4.40. The van der Waals surface area contributed by atoms with E-state index in [1.54, 1.807) is 0 Å². The molecule has 4 nitrogen and oxygen atoms in total. The van der Waals surface area contributed by atoms with Crippen molar-refractivity contribution in [3.05, 3.63) is 0 Å². The van der Waals surface area contributed by atoms with Gasteiger partial charge in [0.05, 0.1) is 5.60 Å². The second kappa shape index (κ2) is 8.07. The van der Waals surface area contributed by atoms with Gasteiger partial charge in [-0.05, 0) is 59.3 Å². The van der Waals surface area contributed by atoms with Crippen molar-refractivity contribution in [3.8, 4) is 0 Å². The van der Waals surface area contributed by atoms with Crippen LogP contribution in [0, 0.1) is 0 Å². The molecule has 2 bridgehead atoms. The average molecular weight is 340 g/mol. The summed E-state index contributed by atoms with van der Waals surface area (Å²) < 4.78 is 5.61. The Morgan fingerprint density at radius 2 is 1.71 bits per heavy atom. The van der Waals surface area contributed by atoms with E-state index in [2.05, 4.69) is 6.92 Å². The SMILES string of the molecule is CCCCCCCC1(O)CC2CCCC(C1)N2C(=O)OC(C)(C)C. The summed E-state index contributed by atoms with van der Waals surface area (Å²) >= 11 is 0. The van der Waals surface area contributed by atoms with Crippen molar-refractivity contribution in [2.45, 2.75) is 122 Å². The summed E-state index contributed by atoms with van der Waals surface area (Å²) in [4.78, 5) is 14.5. The number of nitrogens with zero attached hydrogens (tertiary/aromatic N) is 1. The number of hydrogen-bond acceptors (Lipinski definition) is 3. The molecule has 2 aliphatic rings. The van der Waals surface area contributed by atoms with E-state index in [0.29, 0.717) is 0 Å². The van der Waals surface area contributed by atoms with Crippen molar-refractivity contribution in [1.82, 2.24) is 4.90 Å². The number of carbonyl (C=O) groups excluding carboxylic acids is 1. The van der Waals surface area contributed by atoms with Crippen LogP contribution in [-0.2, 0) is 4.74 Å². The summed E-state index contributed by atoms with van der Waals surface area (Å²) in [6.45, 7) is 7.97. The van der Waals surface area contributed by atoms with Crippen LogP contribution in [0.2, 0.25) is 0 Å². The first-order valence-corrected chi connectivity index (χ1v) is 9.98. The number of aliphatic hydroxyl groups is 1. The quantitative estimate of drug-likeness (QED) is 0.690. The zero-order valence-corrected chi connectivity index (χ0v) is 16.1. The van der Waals surface area contributed by atoms with Crippen molar-refractivity contribution >= 4 is 6.09 Å². The Bertz CT molecular complexity index is 402. The summed E-state index contributed by atoms with van der Waals surface area (Å²) in [6, 6.07) is 0.293. The van der Waals surface area contributed by atoms with Gasteiger partial charge in [0.15, 0.2) is 0 Å². The van der Waals surface area contributed by atoms with Gasteiger partial charge in [-0.3, -0.25) is 0 Å². The van der Waals surface area contributed by atoms with Crippen molar-refractivity contribution in [3.63, 3.8) is 0 Å². The van der Waals surface area contributed by atoms with Gasteiger partial charge in [-0.25, -0.2) is 4.79 Å². The Morgan fingerprint density at radius 1 is 1.12 bits per heavy atom. The molecule has 0 saturated carbocycles. The predicted molar refractivity (Wildman–Crippen MR) is 97.1 cm³/mol. The van der Waals surface area contributed by atoms with Gasteiger partial charge in [0.25, 0.3) is 0 Å². The van der Waals surface area contributed by atoms with Gasteiger partial charge in [0, 0.05) is 12.1 Å². The van der Waals surface area contributed by atoms with Gasteiger partial charge in [-0.15, -0.1) is 0 Å². The van der Waals surface area contributed by atoms with Crippen LogP contribution in [0.25, 0.3) is 0 Å². The molecular formula is C20H37NO3. The number of unbranched alkanes of at least 4 members (excludes halogenated alkanes) is 4. The van der Waals surface area contributed by atoms with E-state index in [0.717, 1.165) is 44.9 Å². The smallest absolute Gasteiger partial charge is 0.410 e. The molecule has 0 spiro atoms. The second-order valence-electron chi connectivity index (χ2n) is 8.92. The highest BCUT2D eigenvalue weighted by Crippen LogP contribution is 2.42. The Kier molecular flexibility index (Phi) is 6.58. The van der Waals surface area contributed by atoms with E-state index in [1.807, 2.05) is 25.7 Å². The molecule has 2 atom stereocenters. The van der Waals surface area contributed by atoms with Gasteiger partial charge in [-0.1, -0.05) is 39.0 Å². The normalized spacial score (nSPS) is 30.3. The molecule has 1 N–H and O–H groups in total. The number of piperidine rings is 2. The van der Waals surface area contributed by atoms with E-state index in [9.17, 15) is 9.90 Å². The van der Waals surface area contributed by atoms with Crippen molar-refractivity contribution in [2.24, 2.45) is 0 Å². The lowest BCUT2D eigenvalue weighted by atomic mass is 9.73. The number of carbonyl (C=O) groups is 1. The first kappa shape index (κ1) is 19.6. The molecular weight excluding hydrogens is 302 g/mol. The lowest BCUT2D eigenvalue weighted by molar-refractivity contribution is -0.0965. The Morgan fingerprint density at radius 3 is 2.25 bits per heavy atom. The third-order valence-electron chi connectivity index (χ3n) is 5.44. The van der Waals surface area contributed by atoms with E-state index < -0.39 is 11.2 Å². The minimum absolute atomic E-state index is 0.146. The van der Waals surface area contributed by atoms with Gasteiger partial charge < -0.3 is 14.7 Å². The van der Waals surface area contributed by atoms with Crippen molar-refractivity contribution in [1.29, 1.82) is 0 Å². The topological polar surface area (TPSA) is 49.8 Å². The second-order valence-corrected chi connectivity index (χ2v) is 8.92. The average Bonchev–Trinajstić information content (AvgIpc) is 2.44. The molecule has 24 heavy (non-hydrogen) atoms. The molecule has 2 unspecified atom stereocenters. The molecule has 2 heterocycles. The molecule has 140 valence electrons. The maximum atomic E-state index is 12.6. The van der Waals surface area contributed by atoms with Crippen LogP contribution in [0.4, 0.5) is 4.79 Å². The van der Waals surface area contributed by atoms with Crippen LogP contribution in [-0.4, -0.2) is 39.4 Å². The number of ether oxygens (including phenoxy) is 1. The lowest BCUT2D eigenvalue weighted by Gasteiger charge is -2.51. The maximum absolute atomic E-state index is 12.6. The van der Waals surface area contributed by atoms with Crippen molar-refractivity contribution < 1.29 is 14.6 Å². The first-order valence-electron chi connectivity index (χ1n) is 9.98. The Labute approximate surface area is 147 Å². The van der Waals surface area contributed by atoms with E-state index in [-0.39, 0.29) is 18.2 Å². The van der Waals surface area contributed by atoms with Gasteiger partial charge >= 0.3 is 6.09 Å². The number of rotatable bonds is 6. The minimum atomic E-state index is -0.583. The standard InChI is InChI=1S/C20H37NO3/c1-5-6-7-8-9-13-20(23)14-16-11-10-12-17(15-20)21(16)18(22)24-19(2,3)4/h16-17,23H,5-15H2,1-4H3. The van der Waals surface area contributed by atoms with Gasteiger partial charge in [0.2, 0.25) is 0 Å². The Balaban J connectivity index is 1.93. The molecule has 2 aliphatic heterocycles.